The molecule has 4 aromatic rings. The Bertz CT molecular complexity index is 1200. The minimum atomic E-state index is -0.347. The Kier molecular flexibility index (Phi) is 4.78. The molecular weight excluding hydrogens is 373 g/mol. The molecule has 0 aliphatic heterocycles. The molecule has 3 heterocycles. The van der Waals surface area contributed by atoms with Gasteiger partial charge in [0.05, 0.1) is 11.4 Å². The molecule has 0 aliphatic rings. The molecule has 0 spiro atoms. The maximum Gasteiger partial charge on any atom is 0.178 e. The summed E-state index contributed by atoms with van der Waals surface area (Å²) >= 11 is 0. The van der Waals surface area contributed by atoms with Crippen LogP contribution in [0.1, 0.15) is 23.5 Å². The molecule has 0 saturated heterocycles. The van der Waals surface area contributed by atoms with E-state index in [2.05, 4.69) is 31.8 Å². The van der Waals surface area contributed by atoms with Gasteiger partial charge in [-0.2, -0.15) is 14.9 Å². The number of fused-ring (bicyclic) bond motifs is 1. The van der Waals surface area contributed by atoms with E-state index >= 15 is 0 Å². The smallest absolute Gasteiger partial charge is 0.178 e. The number of hydrogen-bond acceptors (Lipinski definition) is 7. The van der Waals surface area contributed by atoms with Gasteiger partial charge in [-0.05, 0) is 56.2 Å². The first-order valence-electron chi connectivity index (χ1n) is 9.03. The predicted molar refractivity (Wildman–Crippen MR) is 105 cm³/mol. The molecule has 0 fully saturated rings. The second-order valence-corrected chi connectivity index (χ2v) is 6.47. The third-order valence-electron chi connectivity index (χ3n) is 4.49. The van der Waals surface area contributed by atoms with Crippen molar-refractivity contribution in [3.05, 3.63) is 59.3 Å². The molecule has 0 radical (unpaired) electrons. The molecule has 1 aromatic carbocycles. The number of nitrogen functional groups attached to an aromatic ring is 1. The Labute approximate surface area is 165 Å². The van der Waals surface area contributed by atoms with Gasteiger partial charge >= 0.3 is 0 Å². The normalized spacial score (nSPS) is 10.9. The van der Waals surface area contributed by atoms with Crippen molar-refractivity contribution in [2.75, 3.05) is 17.6 Å². The average Bonchev–Trinajstić information content (AvgIpc) is 3.25. The van der Waals surface area contributed by atoms with Gasteiger partial charge in [-0.25, -0.2) is 9.07 Å². The minimum absolute atomic E-state index is 0.247. The van der Waals surface area contributed by atoms with Gasteiger partial charge in [0.1, 0.15) is 29.1 Å². The van der Waals surface area contributed by atoms with E-state index in [0.717, 1.165) is 6.42 Å². The van der Waals surface area contributed by atoms with Crippen molar-refractivity contribution < 1.29 is 4.39 Å². The van der Waals surface area contributed by atoms with Gasteiger partial charge in [0.25, 0.3) is 0 Å². The SMILES string of the molecule is Cc1nnc2ccc(NCCCc3nn(-c4ccc(F)cc4)c(N)c3C#N)nn12. The average molecular weight is 391 g/mol. The van der Waals surface area contributed by atoms with Gasteiger partial charge < -0.3 is 11.1 Å². The monoisotopic (exact) mass is 391 g/mol. The van der Waals surface area contributed by atoms with Crippen LogP contribution >= 0.6 is 0 Å². The highest BCUT2D eigenvalue weighted by molar-refractivity contribution is 5.56. The Morgan fingerprint density at radius 3 is 2.69 bits per heavy atom. The van der Waals surface area contributed by atoms with Gasteiger partial charge in [-0.15, -0.1) is 15.3 Å². The summed E-state index contributed by atoms with van der Waals surface area (Å²) in [6.07, 6.45) is 1.28. The van der Waals surface area contributed by atoms with Gasteiger partial charge in [0.2, 0.25) is 0 Å². The topological polar surface area (TPSA) is 123 Å². The number of rotatable bonds is 6. The van der Waals surface area contributed by atoms with E-state index < -0.39 is 0 Å². The first kappa shape index (κ1) is 18.4. The fourth-order valence-electron chi connectivity index (χ4n) is 3.02. The molecule has 0 amide bonds. The lowest BCUT2D eigenvalue weighted by Gasteiger charge is -2.05. The van der Waals surface area contributed by atoms with Gasteiger partial charge in [-0.3, -0.25) is 0 Å². The summed E-state index contributed by atoms with van der Waals surface area (Å²) in [5, 5.41) is 29.6. The Morgan fingerprint density at radius 1 is 1.14 bits per heavy atom. The van der Waals surface area contributed by atoms with Crippen LogP contribution in [0.2, 0.25) is 0 Å². The number of hydrogen-bond donors (Lipinski definition) is 2. The Morgan fingerprint density at radius 2 is 1.93 bits per heavy atom. The molecule has 0 bridgehead atoms. The van der Waals surface area contributed by atoms with E-state index in [4.69, 9.17) is 5.73 Å². The van der Waals surface area contributed by atoms with Crippen molar-refractivity contribution in [2.24, 2.45) is 0 Å². The Balaban J connectivity index is 1.44. The molecule has 0 atom stereocenters. The maximum absolute atomic E-state index is 13.2. The van der Waals surface area contributed by atoms with Crippen molar-refractivity contribution >= 4 is 17.3 Å². The summed E-state index contributed by atoms with van der Waals surface area (Å²) in [5.41, 5.74) is 8.32. The van der Waals surface area contributed by atoms with Crippen LogP contribution in [0.3, 0.4) is 0 Å². The highest BCUT2D eigenvalue weighted by Gasteiger charge is 2.16. The van der Waals surface area contributed by atoms with Crippen molar-refractivity contribution in [3.63, 3.8) is 0 Å². The van der Waals surface area contributed by atoms with Gasteiger partial charge in [0, 0.05) is 6.54 Å². The van der Waals surface area contributed by atoms with Crippen LogP contribution in [0.4, 0.5) is 16.0 Å². The van der Waals surface area contributed by atoms with E-state index in [9.17, 15) is 9.65 Å². The molecule has 0 unspecified atom stereocenters. The molecule has 0 aliphatic carbocycles. The summed E-state index contributed by atoms with van der Waals surface area (Å²) in [7, 11) is 0. The van der Waals surface area contributed by atoms with Crippen LogP contribution in [0.25, 0.3) is 11.3 Å². The fraction of sp³-hybridized carbons (Fsp3) is 0.211. The molecular formula is C19H18FN9. The van der Waals surface area contributed by atoms with Crippen LogP contribution in [-0.4, -0.2) is 36.1 Å². The highest BCUT2D eigenvalue weighted by atomic mass is 19.1. The third kappa shape index (κ3) is 3.58. The van der Waals surface area contributed by atoms with Crippen LogP contribution in [0.5, 0.6) is 0 Å². The lowest BCUT2D eigenvalue weighted by molar-refractivity contribution is 0.627. The fourth-order valence-corrected chi connectivity index (χ4v) is 3.02. The van der Waals surface area contributed by atoms with E-state index in [1.54, 1.807) is 16.6 Å². The van der Waals surface area contributed by atoms with Crippen molar-refractivity contribution in [1.82, 2.24) is 29.6 Å². The second kappa shape index (κ2) is 7.55. The zero-order valence-corrected chi connectivity index (χ0v) is 15.7. The first-order chi connectivity index (χ1) is 14.1. The number of halogens is 1. The van der Waals surface area contributed by atoms with Gasteiger partial charge in [0.15, 0.2) is 11.5 Å². The summed E-state index contributed by atoms with van der Waals surface area (Å²) in [6, 6.07) is 11.6. The molecule has 0 saturated carbocycles. The Hall–Kier alpha value is -4.00. The van der Waals surface area contributed by atoms with Gasteiger partial charge in [-0.1, -0.05) is 0 Å². The quantitative estimate of drug-likeness (QED) is 0.483. The third-order valence-corrected chi connectivity index (χ3v) is 4.49. The van der Waals surface area contributed by atoms with E-state index in [1.165, 1.54) is 16.8 Å². The van der Waals surface area contributed by atoms with Crippen molar-refractivity contribution in [2.45, 2.75) is 19.8 Å². The maximum atomic E-state index is 13.2. The summed E-state index contributed by atoms with van der Waals surface area (Å²) in [6.45, 7) is 2.47. The summed E-state index contributed by atoms with van der Waals surface area (Å²) in [4.78, 5) is 0. The predicted octanol–water partition coefficient (Wildman–Crippen LogP) is 2.26. The van der Waals surface area contributed by atoms with Crippen LogP contribution in [-0.2, 0) is 6.42 Å². The number of aryl methyl sites for hydroxylation is 2. The van der Waals surface area contributed by atoms with Crippen molar-refractivity contribution in [1.29, 1.82) is 5.26 Å². The molecule has 4 rings (SSSR count). The van der Waals surface area contributed by atoms with Crippen LogP contribution in [0, 0.1) is 24.1 Å². The number of nitrogens with zero attached hydrogens (tertiary/aromatic N) is 7. The lowest BCUT2D eigenvalue weighted by atomic mass is 10.1. The van der Waals surface area contributed by atoms with Crippen molar-refractivity contribution in [3.8, 4) is 11.8 Å². The molecule has 9 nitrogen and oxygen atoms in total. The molecule has 146 valence electrons. The minimum Gasteiger partial charge on any atom is -0.382 e. The van der Waals surface area contributed by atoms with E-state index in [0.29, 0.717) is 47.2 Å². The molecule has 29 heavy (non-hydrogen) atoms. The van der Waals surface area contributed by atoms with Crippen LogP contribution < -0.4 is 11.1 Å². The first-order valence-corrected chi connectivity index (χ1v) is 9.03. The number of nitrogens with two attached hydrogens (primary N) is 1. The summed E-state index contributed by atoms with van der Waals surface area (Å²) < 4.78 is 16.3. The number of aromatic nitrogens is 6. The zero-order chi connectivity index (χ0) is 20.4. The number of nitrogens with one attached hydrogen (secondary N) is 1. The second-order valence-electron chi connectivity index (χ2n) is 6.47. The largest absolute Gasteiger partial charge is 0.382 e. The lowest BCUT2D eigenvalue weighted by Crippen LogP contribution is -2.07. The standard InChI is InChI=1S/C19H18FN9/c1-12-24-25-18-9-8-17(27-28(12)18)23-10-2-3-16-15(11-21)19(22)29(26-16)14-6-4-13(20)5-7-14/h4-9H,2-3,10,22H2,1H3,(H,23,27). The number of benzene rings is 1. The number of nitriles is 1. The summed E-state index contributed by atoms with van der Waals surface area (Å²) in [5.74, 6) is 1.32. The van der Waals surface area contributed by atoms with E-state index in [1.807, 2.05) is 19.1 Å². The molecule has 10 heteroatoms. The number of anilines is 2. The highest BCUT2D eigenvalue weighted by Crippen LogP contribution is 2.21. The van der Waals surface area contributed by atoms with Crippen LogP contribution in [0.15, 0.2) is 36.4 Å². The molecule has 3 aromatic heterocycles. The van der Waals surface area contributed by atoms with E-state index in [-0.39, 0.29) is 11.6 Å². The zero-order valence-electron chi connectivity index (χ0n) is 15.7. The molecule has 3 N–H and O–H groups in total.